The Labute approximate surface area is 317 Å². The first-order valence-electron chi connectivity index (χ1n) is 20.4. The van der Waals surface area contributed by atoms with Crippen LogP contribution in [0.15, 0.2) is 70.7 Å². The van der Waals surface area contributed by atoms with Gasteiger partial charge < -0.3 is 0 Å². The zero-order valence-corrected chi connectivity index (χ0v) is 33.4. The first-order chi connectivity index (χ1) is 23.7. The van der Waals surface area contributed by atoms with Gasteiger partial charge in [0.15, 0.2) is 0 Å². The first kappa shape index (κ1) is 44.9. The predicted molar refractivity (Wildman–Crippen MR) is 219 cm³/mol. The van der Waals surface area contributed by atoms with E-state index in [2.05, 4.69) is 93.6 Å². The Bertz CT molecular complexity index is 1130. The number of allylic oxidation sites excluding steroid dienone is 2. The second kappa shape index (κ2) is 33.1. The van der Waals surface area contributed by atoms with Gasteiger partial charge in [0.1, 0.15) is 0 Å². The molecule has 0 amide bonds. The maximum atomic E-state index is 4.96. The molecule has 0 saturated heterocycles. The maximum absolute atomic E-state index is 4.96. The summed E-state index contributed by atoms with van der Waals surface area (Å²) in [7, 11) is 0. The Morgan fingerprint density at radius 2 is 0.816 bits per heavy atom. The van der Waals surface area contributed by atoms with Crippen molar-refractivity contribution in [2.75, 3.05) is 0 Å². The molecule has 49 heavy (non-hydrogen) atoms. The quantitative estimate of drug-likeness (QED) is 0.0431. The Morgan fingerprint density at radius 3 is 1.22 bits per heavy atom. The van der Waals surface area contributed by atoms with Crippen molar-refractivity contribution in [3.8, 4) is 0 Å². The van der Waals surface area contributed by atoms with E-state index < -0.39 is 0 Å². The zero-order valence-electron chi connectivity index (χ0n) is 31.9. The summed E-state index contributed by atoms with van der Waals surface area (Å²) in [5.74, 6) is 0. The molecular weight excluding hydrogens is 687 g/mol. The summed E-state index contributed by atoms with van der Waals surface area (Å²) >= 11 is 0. The second-order valence-corrected chi connectivity index (χ2v) is 13.9. The predicted octanol–water partition coefficient (Wildman–Crippen LogP) is 16.0. The third-order valence-electron chi connectivity index (χ3n) is 9.28. The van der Waals surface area contributed by atoms with Gasteiger partial charge in [0.2, 0.25) is 0 Å². The largest absolute Gasteiger partial charge is 0.255 e. The van der Waals surface area contributed by atoms with E-state index in [4.69, 9.17) is 9.98 Å². The Balaban J connectivity index is 0.0000120. The molecule has 2 nitrogen and oxygen atoms in total. The minimum atomic E-state index is 0. The van der Waals surface area contributed by atoms with Crippen molar-refractivity contribution in [2.45, 2.75) is 181 Å². The Hall–Kier alpha value is -2.08. The van der Waals surface area contributed by atoms with Crippen molar-refractivity contribution in [2.24, 2.45) is 9.98 Å². The van der Waals surface area contributed by atoms with Gasteiger partial charge in [-0.05, 0) is 73.9 Å². The van der Waals surface area contributed by atoms with Crippen LogP contribution < -0.4 is 0 Å². The average Bonchev–Trinajstić information content (AvgIpc) is 3.11. The van der Waals surface area contributed by atoms with Crippen molar-refractivity contribution in [1.29, 1.82) is 0 Å². The van der Waals surface area contributed by atoms with E-state index in [0.717, 1.165) is 36.3 Å². The smallest absolute Gasteiger partial charge is 0.0634 e. The van der Waals surface area contributed by atoms with Crippen LogP contribution in [0.3, 0.4) is 0 Å². The monoisotopic (exact) mass is 758 g/mol. The molecule has 0 radical (unpaired) electrons. The molecule has 0 atom stereocenters. The van der Waals surface area contributed by atoms with Crippen LogP contribution in [-0.4, -0.2) is 11.9 Å². The van der Waals surface area contributed by atoms with E-state index in [9.17, 15) is 0 Å². The molecule has 0 saturated carbocycles. The molecule has 0 aliphatic heterocycles. The van der Waals surface area contributed by atoms with Crippen LogP contribution in [0, 0.1) is 0 Å². The molecule has 0 fully saturated rings. The third kappa shape index (κ3) is 25.5. The van der Waals surface area contributed by atoms with Gasteiger partial charge in [-0.3, -0.25) is 9.98 Å². The van der Waals surface area contributed by atoms with Crippen LogP contribution in [0.25, 0.3) is 12.2 Å². The Kier molecular flexibility index (Phi) is 30.3. The molecule has 2 aromatic rings. The van der Waals surface area contributed by atoms with E-state index in [0.29, 0.717) is 0 Å². The number of hydrogen-bond donors (Lipinski definition) is 0. The van der Waals surface area contributed by atoms with Gasteiger partial charge in [-0.2, -0.15) is 0 Å². The minimum absolute atomic E-state index is 0. The maximum Gasteiger partial charge on any atom is 0.0634 e. The zero-order chi connectivity index (χ0) is 34.2. The van der Waals surface area contributed by atoms with E-state index >= 15 is 0 Å². The normalized spacial score (nSPS) is 12.1. The van der Waals surface area contributed by atoms with Crippen molar-refractivity contribution >= 4 is 35.5 Å². The van der Waals surface area contributed by atoms with E-state index in [1.54, 1.807) is 0 Å². The molecule has 0 aliphatic rings. The summed E-state index contributed by atoms with van der Waals surface area (Å²) in [6.45, 7) is 6.81. The standard InChI is InChI=1S/C46H72N2.Pd/c1-4-7-10-12-14-16-18-20-22-24-26-28-30-42-33-37-44(38-34-42)47-41-46(32-9-6-3)48-45-39-35-43(36-40-45)31-29-27-25-23-21-19-17-15-13-11-8-5-2;/h28-31,33-41H,4-27,32H2,1-3H3;. The molecule has 0 N–H and O–H groups in total. The fraction of sp³-hybridized carbons (Fsp3) is 0.609. The molecule has 2 rings (SSSR count). The van der Waals surface area contributed by atoms with Gasteiger partial charge in [-0.15, -0.1) is 0 Å². The number of unbranched alkanes of at least 4 members (excludes halogenated alkanes) is 21. The van der Waals surface area contributed by atoms with E-state index in [-0.39, 0.29) is 20.4 Å². The second-order valence-electron chi connectivity index (χ2n) is 13.9. The van der Waals surface area contributed by atoms with Crippen molar-refractivity contribution in [1.82, 2.24) is 0 Å². The fourth-order valence-electron chi connectivity index (χ4n) is 6.09. The van der Waals surface area contributed by atoms with Gasteiger partial charge in [0.05, 0.1) is 17.1 Å². The van der Waals surface area contributed by atoms with Gasteiger partial charge in [-0.25, -0.2) is 0 Å². The van der Waals surface area contributed by atoms with E-state index in [1.807, 2.05) is 6.21 Å². The average molecular weight is 760 g/mol. The first-order valence-corrected chi connectivity index (χ1v) is 20.4. The third-order valence-corrected chi connectivity index (χ3v) is 9.28. The molecule has 0 bridgehead atoms. The van der Waals surface area contributed by atoms with Gasteiger partial charge in [-0.1, -0.05) is 191 Å². The van der Waals surface area contributed by atoms with Gasteiger partial charge >= 0.3 is 0 Å². The van der Waals surface area contributed by atoms with Crippen LogP contribution in [-0.2, 0) is 20.4 Å². The number of nitrogens with zero attached hydrogens (tertiary/aromatic N) is 2. The number of rotatable bonds is 30. The summed E-state index contributed by atoms with van der Waals surface area (Å²) in [6, 6.07) is 17.2. The molecule has 0 spiro atoms. The molecule has 0 heterocycles. The summed E-state index contributed by atoms with van der Waals surface area (Å²) < 4.78 is 0. The van der Waals surface area contributed by atoms with Crippen LogP contribution in [0.5, 0.6) is 0 Å². The molecule has 276 valence electrons. The minimum Gasteiger partial charge on any atom is -0.255 e. The van der Waals surface area contributed by atoms with Crippen LogP contribution in [0.1, 0.15) is 192 Å². The number of aliphatic imine (C=N–C) groups is 2. The molecule has 3 heteroatoms. The molecule has 0 aromatic heterocycles. The topological polar surface area (TPSA) is 24.7 Å². The number of benzene rings is 2. The summed E-state index contributed by atoms with van der Waals surface area (Å²) in [6.07, 6.45) is 44.5. The Morgan fingerprint density at radius 1 is 0.449 bits per heavy atom. The molecular formula is C46H72N2Pd. The fourth-order valence-corrected chi connectivity index (χ4v) is 6.09. The number of hydrogen-bond acceptors (Lipinski definition) is 2. The SMILES string of the molecule is CCCCCCCCCCCCC=Cc1ccc(N=CC(CCCC)=Nc2ccc(C=CCCCCCCCCCCCC)cc2)cc1.[Pd]. The van der Waals surface area contributed by atoms with Crippen LogP contribution in [0.2, 0.25) is 0 Å². The van der Waals surface area contributed by atoms with Gasteiger partial charge in [0.25, 0.3) is 0 Å². The summed E-state index contributed by atoms with van der Waals surface area (Å²) in [5.41, 5.74) is 5.53. The van der Waals surface area contributed by atoms with Crippen molar-refractivity contribution < 1.29 is 20.4 Å². The van der Waals surface area contributed by atoms with Gasteiger partial charge in [0, 0.05) is 26.6 Å². The van der Waals surface area contributed by atoms with Crippen molar-refractivity contribution in [3.63, 3.8) is 0 Å². The van der Waals surface area contributed by atoms with Crippen LogP contribution >= 0.6 is 0 Å². The molecule has 0 unspecified atom stereocenters. The molecule has 0 aliphatic carbocycles. The van der Waals surface area contributed by atoms with E-state index in [1.165, 1.54) is 152 Å². The van der Waals surface area contributed by atoms with Crippen molar-refractivity contribution in [3.05, 3.63) is 71.8 Å². The van der Waals surface area contributed by atoms with Crippen LogP contribution in [0.4, 0.5) is 11.4 Å². The summed E-state index contributed by atoms with van der Waals surface area (Å²) in [4.78, 5) is 9.75. The molecule has 2 aromatic carbocycles. The summed E-state index contributed by atoms with van der Waals surface area (Å²) in [5, 5.41) is 0.